The first-order chi connectivity index (χ1) is 14.8. The van der Waals surface area contributed by atoms with Gasteiger partial charge in [-0.2, -0.15) is 5.09 Å². The SMILES string of the molecule is CCC(CC)COC(=O)[C@H](C)NP(=O)(OC1=CCCC=C1)Oc1ccc([N+](=O)[O-])cc1. The monoisotopic (exact) mass is 452 g/mol. The summed E-state index contributed by atoms with van der Waals surface area (Å²) in [6, 6.07) is 4.12. The summed E-state index contributed by atoms with van der Waals surface area (Å²) in [4.78, 5) is 22.7. The highest BCUT2D eigenvalue weighted by atomic mass is 31.2. The molecule has 170 valence electrons. The van der Waals surface area contributed by atoms with Crippen molar-refractivity contribution in [2.75, 3.05) is 6.61 Å². The zero-order valence-electron chi connectivity index (χ0n) is 18.0. The third-order valence-corrected chi connectivity index (χ3v) is 6.39. The Morgan fingerprint density at radius 2 is 1.87 bits per heavy atom. The van der Waals surface area contributed by atoms with Crippen LogP contribution < -0.4 is 9.61 Å². The number of benzene rings is 1. The summed E-state index contributed by atoms with van der Waals surface area (Å²) < 4.78 is 30.0. The Balaban J connectivity index is 2.13. The summed E-state index contributed by atoms with van der Waals surface area (Å²) in [6.07, 6.45) is 8.65. The van der Waals surface area contributed by atoms with Gasteiger partial charge >= 0.3 is 13.7 Å². The van der Waals surface area contributed by atoms with Crippen LogP contribution in [0.2, 0.25) is 0 Å². The van der Waals surface area contributed by atoms with Gasteiger partial charge in [0.25, 0.3) is 5.69 Å². The highest BCUT2D eigenvalue weighted by Crippen LogP contribution is 2.47. The average Bonchev–Trinajstić information content (AvgIpc) is 2.75. The number of ether oxygens (including phenoxy) is 1. The number of nitro groups is 1. The molecular formula is C21H29N2O7P. The van der Waals surface area contributed by atoms with E-state index in [0.717, 1.165) is 25.7 Å². The van der Waals surface area contributed by atoms with Crippen molar-refractivity contribution in [1.82, 2.24) is 5.09 Å². The van der Waals surface area contributed by atoms with E-state index in [1.54, 1.807) is 12.2 Å². The number of allylic oxidation sites excluding steroid dienone is 3. The summed E-state index contributed by atoms with van der Waals surface area (Å²) >= 11 is 0. The second-order valence-electron chi connectivity index (χ2n) is 7.18. The fourth-order valence-corrected chi connectivity index (χ4v) is 4.31. The molecule has 0 radical (unpaired) electrons. The molecule has 0 aromatic heterocycles. The highest BCUT2D eigenvalue weighted by Gasteiger charge is 2.34. The van der Waals surface area contributed by atoms with E-state index in [4.69, 9.17) is 13.8 Å². The fraction of sp³-hybridized carbons (Fsp3) is 0.476. The van der Waals surface area contributed by atoms with Crippen molar-refractivity contribution < 1.29 is 28.1 Å². The first kappa shape index (κ1) is 24.6. The van der Waals surface area contributed by atoms with Crippen LogP contribution in [-0.4, -0.2) is 23.5 Å². The van der Waals surface area contributed by atoms with E-state index in [-0.39, 0.29) is 24.0 Å². The number of nitrogens with zero attached hydrogens (tertiary/aromatic N) is 1. The van der Waals surface area contributed by atoms with Crippen molar-refractivity contribution >= 4 is 19.4 Å². The van der Waals surface area contributed by atoms with E-state index in [1.807, 2.05) is 19.9 Å². The molecule has 1 aliphatic rings. The van der Waals surface area contributed by atoms with Gasteiger partial charge in [0.05, 0.1) is 11.5 Å². The van der Waals surface area contributed by atoms with E-state index in [0.29, 0.717) is 5.76 Å². The lowest BCUT2D eigenvalue weighted by molar-refractivity contribution is -0.384. The highest BCUT2D eigenvalue weighted by molar-refractivity contribution is 7.52. The summed E-state index contributed by atoms with van der Waals surface area (Å²) in [7, 11) is -4.06. The van der Waals surface area contributed by atoms with Crippen molar-refractivity contribution in [3.05, 3.63) is 58.4 Å². The lowest BCUT2D eigenvalue weighted by Crippen LogP contribution is -2.35. The molecule has 0 bridgehead atoms. The van der Waals surface area contributed by atoms with Gasteiger partial charge in [0.2, 0.25) is 0 Å². The smallest absolute Gasteiger partial charge is 0.464 e. The molecule has 1 aliphatic carbocycles. The molecule has 0 fully saturated rings. The van der Waals surface area contributed by atoms with Crippen LogP contribution in [0.15, 0.2) is 48.3 Å². The third-order valence-electron chi connectivity index (χ3n) is 4.78. The molecule has 2 rings (SSSR count). The van der Waals surface area contributed by atoms with Crippen LogP contribution in [0.4, 0.5) is 5.69 Å². The van der Waals surface area contributed by atoms with E-state index < -0.39 is 24.7 Å². The van der Waals surface area contributed by atoms with Crippen LogP contribution in [-0.2, 0) is 18.6 Å². The minimum Gasteiger partial charge on any atom is -0.464 e. The third kappa shape index (κ3) is 7.84. The summed E-state index contributed by atoms with van der Waals surface area (Å²) in [5.74, 6) is 0.130. The minimum absolute atomic E-state index is 0.0967. The topological polar surface area (TPSA) is 117 Å². The molecule has 1 unspecified atom stereocenters. The zero-order chi connectivity index (χ0) is 22.9. The molecule has 1 aromatic rings. The Bertz CT molecular complexity index is 863. The number of rotatable bonds is 12. The first-order valence-electron chi connectivity index (χ1n) is 10.3. The van der Waals surface area contributed by atoms with Gasteiger partial charge in [0.15, 0.2) is 0 Å². The minimum atomic E-state index is -4.06. The van der Waals surface area contributed by atoms with Gasteiger partial charge in [-0.05, 0) is 50.0 Å². The summed E-state index contributed by atoms with van der Waals surface area (Å²) in [6.45, 7) is 5.83. The maximum absolute atomic E-state index is 13.5. The lowest BCUT2D eigenvalue weighted by Gasteiger charge is -2.24. The van der Waals surface area contributed by atoms with Crippen LogP contribution in [0.3, 0.4) is 0 Å². The van der Waals surface area contributed by atoms with Crippen molar-refractivity contribution in [1.29, 1.82) is 0 Å². The zero-order valence-corrected chi connectivity index (χ0v) is 18.9. The quantitative estimate of drug-likeness (QED) is 0.197. The van der Waals surface area contributed by atoms with Crippen LogP contribution in [0.25, 0.3) is 0 Å². The number of carbonyl (C=O) groups excluding carboxylic acids is 1. The van der Waals surface area contributed by atoms with Crippen molar-refractivity contribution in [2.45, 2.75) is 52.5 Å². The van der Waals surface area contributed by atoms with Crippen LogP contribution >= 0.6 is 7.75 Å². The second kappa shape index (κ2) is 11.7. The average molecular weight is 452 g/mol. The number of nitrogens with one attached hydrogen (secondary N) is 1. The molecule has 10 heteroatoms. The fourth-order valence-electron chi connectivity index (χ4n) is 2.77. The van der Waals surface area contributed by atoms with Crippen molar-refractivity contribution in [3.63, 3.8) is 0 Å². The van der Waals surface area contributed by atoms with Gasteiger partial charge in [0.1, 0.15) is 17.6 Å². The normalized spacial score (nSPS) is 16.2. The van der Waals surface area contributed by atoms with E-state index >= 15 is 0 Å². The number of non-ortho nitro benzene ring substituents is 1. The van der Waals surface area contributed by atoms with Gasteiger partial charge in [0, 0.05) is 12.1 Å². The van der Waals surface area contributed by atoms with Gasteiger partial charge in [-0.3, -0.25) is 14.9 Å². The van der Waals surface area contributed by atoms with E-state index in [1.165, 1.54) is 31.2 Å². The molecule has 1 aromatic carbocycles. The Hall–Kier alpha value is -2.64. The molecule has 0 heterocycles. The first-order valence-corrected chi connectivity index (χ1v) is 11.9. The maximum Gasteiger partial charge on any atom is 0.513 e. The molecule has 31 heavy (non-hydrogen) atoms. The summed E-state index contributed by atoms with van der Waals surface area (Å²) in [5.41, 5.74) is -0.132. The number of nitro benzene ring substituents is 1. The number of hydrogen-bond donors (Lipinski definition) is 1. The van der Waals surface area contributed by atoms with Gasteiger partial charge in [-0.15, -0.1) is 0 Å². The maximum atomic E-state index is 13.5. The molecular weight excluding hydrogens is 423 g/mol. The molecule has 0 saturated carbocycles. The van der Waals surface area contributed by atoms with Crippen molar-refractivity contribution in [3.8, 4) is 5.75 Å². The van der Waals surface area contributed by atoms with E-state index in [9.17, 15) is 19.5 Å². The van der Waals surface area contributed by atoms with Crippen LogP contribution in [0, 0.1) is 16.0 Å². The predicted molar refractivity (Wildman–Crippen MR) is 117 cm³/mol. The molecule has 0 saturated heterocycles. The molecule has 1 N–H and O–H groups in total. The Morgan fingerprint density at radius 3 is 2.42 bits per heavy atom. The Morgan fingerprint density at radius 1 is 1.19 bits per heavy atom. The lowest BCUT2D eigenvalue weighted by atomic mass is 10.1. The van der Waals surface area contributed by atoms with Crippen molar-refractivity contribution in [2.24, 2.45) is 5.92 Å². The van der Waals surface area contributed by atoms with E-state index in [2.05, 4.69) is 5.09 Å². The number of esters is 1. The molecule has 0 amide bonds. The van der Waals surface area contributed by atoms with Crippen LogP contribution in [0.5, 0.6) is 5.75 Å². The standard InChI is InChI=1S/C21H29N2O7P/c1-4-17(5-2)15-28-21(24)16(3)22-31(27,29-19-9-7-6-8-10-19)30-20-13-11-18(12-14-20)23(25)26/h7,9-14,16-17H,4-6,8,15H2,1-3H3,(H,22,27)/t16-,31?/m0/s1. The molecule has 0 aliphatic heterocycles. The Kier molecular flexibility index (Phi) is 9.27. The predicted octanol–water partition coefficient (Wildman–Crippen LogP) is 5.29. The number of hydrogen-bond acceptors (Lipinski definition) is 7. The van der Waals surface area contributed by atoms with Gasteiger partial charge in [-0.1, -0.05) is 32.8 Å². The summed E-state index contributed by atoms with van der Waals surface area (Å²) in [5, 5.41) is 13.5. The van der Waals surface area contributed by atoms with Crippen LogP contribution in [0.1, 0.15) is 46.5 Å². The van der Waals surface area contributed by atoms with Gasteiger partial charge in [-0.25, -0.2) is 4.57 Å². The molecule has 9 nitrogen and oxygen atoms in total. The second-order valence-corrected chi connectivity index (χ2v) is 8.80. The van der Waals surface area contributed by atoms with Gasteiger partial charge < -0.3 is 13.8 Å². The Labute approximate surface area is 182 Å². The number of carbonyl (C=O) groups is 1. The largest absolute Gasteiger partial charge is 0.513 e. The molecule has 0 spiro atoms. The molecule has 2 atom stereocenters.